The van der Waals surface area contributed by atoms with Gasteiger partial charge < -0.3 is 4.90 Å². The highest BCUT2D eigenvalue weighted by Gasteiger charge is 2.24. The van der Waals surface area contributed by atoms with Crippen LogP contribution in [0.15, 0.2) is 27.8 Å². The summed E-state index contributed by atoms with van der Waals surface area (Å²) >= 11 is 3.37. The van der Waals surface area contributed by atoms with Crippen LogP contribution in [-0.4, -0.2) is 44.5 Å². The minimum atomic E-state index is -3.14. The summed E-state index contributed by atoms with van der Waals surface area (Å²) in [5, 5.41) is 0. The molecule has 0 radical (unpaired) electrons. The van der Waals surface area contributed by atoms with Crippen molar-refractivity contribution < 1.29 is 8.42 Å². The first kappa shape index (κ1) is 11.8. The lowest BCUT2D eigenvalue weighted by Crippen LogP contribution is -2.33. The third-order valence-electron chi connectivity index (χ3n) is 2.28. The second-order valence-electron chi connectivity index (χ2n) is 3.76. The van der Waals surface area contributed by atoms with E-state index in [4.69, 9.17) is 0 Å². The Bertz CT molecular complexity index is 481. The van der Waals surface area contributed by atoms with E-state index in [2.05, 4.69) is 25.6 Å². The van der Waals surface area contributed by atoms with Crippen molar-refractivity contribution >= 4 is 31.8 Å². The fraction of sp³-hybridized carbons (Fsp3) is 0.444. The Balaban J connectivity index is 2.00. The Hall–Kier alpha value is -0.660. The zero-order valence-electron chi connectivity index (χ0n) is 8.72. The number of fused-ring (bicyclic) bond motifs is 1. The maximum Gasteiger partial charge on any atom is 0.208 e. The number of allylic oxidation sites excluding steroid dienone is 2. The lowest BCUT2D eigenvalue weighted by Gasteiger charge is -2.17. The molecule has 0 aromatic heterocycles. The van der Waals surface area contributed by atoms with E-state index in [9.17, 15) is 8.42 Å². The first-order valence-corrected chi connectivity index (χ1v) is 7.47. The molecule has 1 unspecified atom stereocenters. The van der Waals surface area contributed by atoms with Gasteiger partial charge in [-0.25, -0.2) is 13.1 Å². The number of rotatable bonds is 3. The van der Waals surface area contributed by atoms with Gasteiger partial charge in [0, 0.05) is 23.8 Å². The summed E-state index contributed by atoms with van der Waals surface area (Å²) in [5.74, 6) is 0.870. The zero-order chi connectivity index (χ0) is 11.8. The van der Waals surface area contributed by atoms with Crippen molar-refractivity contribution in [1.29, 1.82) is 0 Å². The fourth-order valence-corrected chi connectivity index (χ4v) is 2.39. The zero-order valence-corrected chi connectivity index (χ0v) is 11.1. The van der Waals surface area contributed by atoms with Crippen LogP contribution in [0.3, 0.4) is 0 Å². The van der Waals surface area contributed by atoms with Gasteiger partial charge in [0.1, 0.15) is 5.84 Å². The topological polar surface area (TPSA) is 61.8 Å². The third-order valence-corrected chi connectivity index (χ3v) is 3.46. The lowest BCUT2D eigenvalue weighted by molar-refractivity contribution is 0.524. The number of hydrogen-bond donors (Lipinski definition) is 1. The predicted molar refractivity (Wildman–Crippen MR) is 66.9 cm³/mol. The molecular weight excluding hydrogens is 294 g/mol. The van der Waals surface area contributed by atoms with Gasteiger partial charge in [-0.2, -0.15) is 0 Å². The molecule has 0 saturated carbocycles. The number of amidine groups is 1. The molecule has 16 heavy (non-hydrogen) atoms. The highest BCUT2D eigenvalue weighted by molar-refractivity contribution is 9.11. The average molecular weight is 306 g/mol. The second-order valence-corrected chi connectivity index (χ2v) is 6.51. The number of halogens is 1. The van der Waals surface area contributed by atoms with Crippen LogP contribution in [0.2, 0.25) is 0 Å². The molecule has 7 heteroatoms. The summed E-state index contributed by atoms with van der Waals surface area (Å²) < 4.78 is 25.3. The van der Waals surface area contributed by atoms with Gasteiger partial charge in [0.05, 0.1) is 12.3 Å². The highest BCUT2D eigenvalue weighted by Crippen LogP contribution is 2.19. The van der Waals surface area contributed by atoms with Crippen LogP contribution in [0.1, 0.15) is 0 Å². The first-order chi connectivity index (χ1) is 7.44. The highest BCUT2D eigenvalue weighted by atomic mass is 79.9. The van der Waals surface area contributed by atoms with E-state index in [0.29, 0.717) is 13.1 Å². The number of nitrogens with zero attached hydrogens (tertiary/aromatic N) is 2. The Kier molecular flexibility index (Phi) is 3.18. The summed E-state index contributed by atoms with van der Waals surface area (Å²) in [7, 11) is -3.14. The molecule has 2 aliphatic rings. The molecular formula is C9H12BrN3O2S. The molecule has 0 bridgehead atoms. The van der Waals surface area contributed by atoms with Crippen LogP contribution in [-0.2, 0) is 10.0 Å². The summed E-state index contributed by atoms with van der Waals surface area (Å²) in [6.07, 6.45) is 6.94. The van der Waals surface area contributed by atoms with Gasteiger partial charge in [-0.3, -0.25) is 4.99 Å². The largest absolute Gasteiger partial charge is 0.331 e. The minimum absolute atomic E-state index is 0.0241. The molecule has 0 aliphatic carbocycles. The summed E-state index contributed by atoms with van der Waals surface area (Å²) in [6, 6.07) is -0.0241. The number of nitrogens with one attached hydrogen (secondary N) is 1. The van der Waals surface area contributed by atoms with Gasteiger partial charge in [0.2, 0.25) is 10.0 Å². The average Bonchev–Trinajstić information content (AvgIpc) is 2.55. The van der Waals surface area contributed by atoms with Crippen LogP contribution >= 0.6 is 15.9 Å². The van der Waals surface area contributed by atoms with Crippen LogP contribution in [0.25, 0.3) is 0 Å². The van der Waals surface area contributed by atoms with E-state index < -0.39 is 10.0 Å². The quantitative estimate of drug-likeness (QED) is 0.822. The molecule has 1 atom stereocenters. The molecule has 2 aliphatic heterocycles. The van der Waals surface area contributed by atoms with E-state index in [0.717, 1.165) is 16.6 Å². The van der Waals surface area contributed by atoms with Gasteiger partial charge in [0.15, 0.2) is 0 Å². The SMILES string of the molecule is CS(=O)(=O)NCC1CN2C=CC(Br)=CC2=N1. The Labute approximate surface area is 103 Å². The molecule has 0 amide bonds. The number of hydrogen-bond acceptors (Lipinski definition) is 4. The molecule has 0 saturated heterocycles. The maximum atomic E-state index is 10.9. The monoisotopic (exact) mass is 305 g/mol. The van der Waals surface area contributed by atoms with Crippen molar-refractivity contribution in [2.24, 2.45) is 4.99 Å². The fourth-order valence-electron chi connectivity index (χ4n) is 1.57. The minimum Gasteiger partial charge on any atom is -0.331 e. The number of aliphatic imine (C=N–C) groups is 1. The summed E-state index contributed by atoms with van der Waals surface area (Å²) in [4.78, 5) is 6.42. The molecule has 5 nitrogen and oxygen atoms in total. The van der Waals surface area contributed by atoms with Crippen molar-refractivity contribution in [3.63, 3.8) is 0 Å². The summed E-state index contributed by atoms with van der Waals surface area (Å²) in [6.45, 7) is 1.06. The van der Waals surface area contributed by atoms with Gasteiger partial charge in [-0.05, 0) is 12.2 Å². The van der Waals surface area contributed by atoms with Crippen LogP contribution < -0.4 is 4.72 Å². The molecule has 0 aromatic carbocycles. The predicted octanol–water partition coefficient (Wildman–Crippen LogP) is 0.424. The third kappa shape index (κ3) is 2.93. The van der Waals surface area contributed by atoms with E-state index >= 15 is 0 Å². The van der Waals surface area contributed by atoms with Crippen LogP contribution in [0, 0.1) is 0 Å². The molecule has 0 spiro atoms. The van der Waals surface area contributed by atoms with Crippen molar-refractivity contribution in [2.75, 3.05) is 19.3 Å². The van der Waals surface area contributed by atoms with Gasteiger partial charge in [-0.1, -0.05) is 15.9 Å². The molecule has 2 rings (SSSR count). The second kappa shape index (κ2) is 4.31. The van der Waals surface area contributed by atoms with Gasteiger partial charge in [-0.15, -0.1) is 0 Å². The molecule has 88 valence electrons. The van der Waals surface area contributed by atoms with Gasteiger partial charge >= 0.3 is 0 Å². The van der Waals surface area contributed by atoms with E-state index in [1.165, 1.54) is 0 Å². The van der Waals surface area contributed by atoms with E-state index in [1.807, 2.05) is 23.3 Å². The maximum absolute atomic E-state index is 10.9. The standard InChI is InChI=1S/C9H12BrN3O2S/c1-16(14,15)11-5-8-6-13-3-2-7(10)4-9(13)12-8/h2-4,8,11H,5-6H2,1H3. The van der Waals surface area contributed by atoms with E-state index in [1.54, 1.807) is 0 Å². The van der Waals surface area contributed by atoms with Crippen molar-refractivity contribution in [1.82, 2.24) is 9.62 Å². The Morgan fingerprint density at radius 2 is 2.44 bits per heavy atom. The Morgan fingerprint density at radius 3 is 3.12 bits per heavy atom. The molecule has 0 aromatic rings. The van der Waals surface area contributed by atoms with Crippen LogP contribution in [0.5, 0.6) is 0 Å². The van der Waals surface area contributed by atoms with Crippen LogP contribution in [0.4, 0.5) is 0 Å². The molecule has 0 fully saturated rings. The summed E-state index contributed by atoms with van der Waals surface area (Å²) in [5.41, 5.74) is 0. The first-order valence-electron chi connectivity index (χ1n) is 4.78. The van der Waals surface area contributed by atoms with Crippen molar-refractivity contribution in [2.45, 2.75) is 6.04 Å². The van der Waals surface area contributed by atoms with Gasteiger partial charge in [0.25, 0.3) is 0 Å². The van der Waals surface area contributed by atoms with Crippen molar-refractivity contribution in [3.8, 4) is 0 Å². The number of sulfonamides is 1. The van der Waals surface area contributed by atoms with Crippen molar-refractivity contribution in [3.05, 3.63) is 22.8 Å². The normalized spacial score (nSPS) is 24.1. The van der Waals surface area contributed by atoms with E-state index in [-0.39, 0.29) is 6.04 Å². The molecule has 1 N–H and O–H groups in total. The lowest BCUT2D eigenvalue weighted by atomic mass is 10.3. The molecule has 2 heterocycles. The smallest absolute Gasteiger partial charge is 0.208 e. The Morgan fingerprint density at radius 1 is 1.69 bits per heavy atom.